The van der Waals surface area contributed by atoms with Crippen LogP contribution in [0.15, 0.2) is 48.5 Å². The van der Waals surface area contributed by atoms with Crippen LogP contribution in [0.2, 0.25) is 5.02 Å². The molecule has 1 fully saturated rings. The van der Waals surface area contributed by atoms with Gasteiger partial charge >= 0.3 is 5.97 Å². The fraction of sp³-hybridized carbons (Fsp3) is 0.278. The van der Waals surface area contributed by atoms with Gasteiger partial charge in [-0.25, -0.2) is 0 Å². The molecule has 0 spiro atoms. The molecule has 1 N–H and O–H groups in total. The smallest absolute Gasteiger partial charge is 0.320 e. The Balaban J connectivity index is 1.71. The molecule has 0 radical (unpaired) electrons. The molecule has 1 aliphatic rings. The lowest BCUT2D eigenvalue weighted by molar-refractivity contribution is -0.142. The molecule has 22 heavy (non-hydrogen) atoms. The Bertz CT molecular complexity index is 652. The first-order valence-corrected chi connectivity index (χ1v) is 7.83. The number of benzene rings is 2. The molecule has 0 amide bonds. The molecule has 0 aromatic heterocycles. The first-order chi connectivity index (χ1) is 10.6. The van der Waals surface area contributed by atoms with Gasteiger partial charge in [-0.3, -0.25) is 9.69 Å². The lowest BCUT2D eigenvalue weighted by Gasteiger charge is -2.21. The maximum atomic E-state index is 11.2. The van der Waals surface area contributed by atoms with Gasteiger partial charge in [-0.1, -0.05) is 48.0 Å². The van der Waals surface area contributed by atoms with Crippen molar-refractivity contribution in [3.05, 3.63) is 59.1 Å². The number of likely N-dealkylation sites (tertiary alicyclic amines) is 1. The summed E-state index contributed by atoms with van der Waals surface area (Å²) in [6.45, 7) is 1.55. The van der Waals surface area contributed by atoms with Crippen LogP contribution in [0.3, 0.4) is 0 Å². The third kappa shape index (κ3) is 3.32. The number of aliphatic carboxylic acids is 1. The molecule has 1 aliphatic heterocycles. The summed E-state index contributed by atoms with van der Waals surface area (Å²) >= 11 is 5.91. The molecule has 1 atom stereocenters. The Morgan fingerprint density at radius 3 is 2.27 bits per heavy atom. The van der Waals surface area contributed by atoms with E-state index < -0.39 is 5.97 Å². The van der Waals surface area contributed by atoms with Crippen molar-refractivity contribution < 1.29 is 9.90 Å². The molecule has 0 bridgehead atoms. The van der Waals surface area contributed by atoms with E-state index in [1.807, 2.05) is 29.2 Å². The topological polar surface area (TPSA) is 40.5 Å². The van der Waals surface area contributed by atoms with Gasteiger partial charge in [0.2, 0.25) is 0 Å². The van der Waals surface area contributed by atoms with Crippen molar-refractivity contribution in [2.24, 2.45) is 0 Å². The second-order valence-electron chi connectivity index (χ2n) is 5.67. The number of hydrogen-bond acceptors (Lipinski definition) is 2. The van der Waals surface area contributed by atoms with Crippen LogP contribution in [0, 0.1) is 0 Å². The van der Waals surface area contributed by atoms with E-state index in [1.54, 1.807) is 0 Å². The van der Waals surface area contributed by atoms with E-state index in [1.165, 1.54) is 0 Å². The Labute approximate surface area is 135 Å². The summed E-state index contributed by atoms with van der Waals surface area (Å²) < 4.78 is 0. The Morgan fingerprint density at radius 2 is 1.68 bits per heavy atom. The van der Waals surface area contributed by atoms with Gasteiger partial charge in [0, 0.05) is 11.6 Å². The van der Waals surface area contributed by atoms with Crippen molar-refractivity contribution in [2.75, 3.05) is 6.54 Å². The number of carboxylic acid groups (broad SMARTS) is 1. The predicted octanol–water partition coefficient (Wildman–Crippen LogP) is 4.06. The van der Waals surface area contributed by atoms with Gasteiger partial charge in [0.25, 0.3) is 0 Å². The van der Waals surface area contributed by atoms with Crippen LogP contribution in [0.25, 0.3) is 11.1 Å². The highest BCUT2D eigenvalue weighted by molar-refractivity contribution is 6.30. The highest BCUT2D eigenvalue weighted by atomic mass is 35.5. The van der Waals surface area contributed by atoms with Crippen LogP contribution in [0.4, 0.5) is 0 Å². The number of rotatable bonds is 4. The summed E-state index contributed by atoms with van der Waals surface area (Å²) in [5, 5.41) is 9.96. The van der Waals surface area contributed by atoms with Crippen molar-refractivity contribution in [3.63, 3.8) is 0 Å². The van der Waals surface area contributed by atoms with Crippen molar-refractivity contribution in [2.45, 2.75) is 25.4 Å². The van der Waals surface area contributed by atoms with Crippen molar-refractivity contribution >= 4 is 17.6 Å². The van der Waals surface area contributed by atoms with E-state index in [9.17, 15) is 9.90 Å². The number of halogens is 1. The zero-order valence-electron chi connectivity index (χ0n) is 12.2. The highest BCUT2D eigenvalue weighted by Gasteiger charge is 2.30. The first-order valence-electron chi connectivity index (χ1n) is 7.45. The van der Waals surface area contributed by atoms with Crippen LogP contribution in [0.1, 0.15) is 18.4 Å². The predicted molar refractivity (Wildman–Crippen MR) is 88.0 cm³/mol. The fourth-order valence-corrected chi connectivity index (χ4v) is 3.10. The van der Waals surface area contributed by atoms with Gasteiger partial charge in [0.15, 0.2) is 0 Å². The molecule has 1 unspecified atom stereocenters. The molecular weight excluding hydrogens is 298 g/mol. The van der Waals surface area contributed by atoms with Gasteiger partial charge in [-0.2, -0.15) is 0 Å². The molecule has 4 heteroatoms. The molecule has 114 valence electrons. The van der Waals surface area contributed by atoms with Gasteiger partial charge in [-0.05, 0) is 48.2 Å². The Morgan fingerprint density at radius 1 is 1.09 bits per heavy atom. The largest absolute Gasteiger partial charge is 0.480 e. The van der Waals surface area contributed by atoms with Crippen LogP contribution < -0.4 is 0 Å². The average molecular weight is 316 g/mol. The quantitative estimate of drug-likeness (QED) is 0.925. The minimum absolute atomic E-state index is 0.337. The molecule has 3 nitrogen and oxygen atoms in total. The Hall–Kier alpha value is -1.84. The van der Waals surface area contributed by atoms with E-state index in [0.717, 1.165) is 41.1 Å². The molecule has 2 aromatic rings. The second kappa shape index (κ2) is 6.51. The SMILES string of the molecule is O=C(O)C1CCCN1Cc1ccc(-c2ccc(Cl)cc2)cc1. The van der Waals surface area contributed by atoms with E-state index in [-0.39, 0.29) is 6.04 Å². The lowest BCUT2D eigenvalue weighted by atomic mass is 10.0. The molecule has 3 rings (SSSR count). The average Bonchev–Trinajstić information content (AvgIpc) is 2.97. The lowest BCUT2D eigenvalue weighted by Crippen LogP contribution is -2.35. The molecule has 1 saturated heterocycles. The van der Waals surface area contributed by atoms with Crippen molar-refractivity contribution in [1.82, 2.24) is 4.90 Å². The van der Waals surface area contributed by atoms with Crippen LogP contribution in [-0.4, -0.2) is 28.6 Å². The minimum atomic E-state index is -0.713. The first kappa shape index (κ1) is 15.1. The van der Waals surface area contributed by atoms with Gasteiger partial charge in [-0.15, -0.1) is 0 Å². The maximum absolute atomic E-state index is 11.2. The zero-order chi connectivity index (χ0) is 15.5. The number of hydrogen-bond donors (Lipinski definition) is 1. The Kier molecular flexibility index (Phi) is 4.46. The number of carboxylic acids is 1. The summed E-state index contributed by atoms with van der Waals surface area (Å²) in [4.78, 5) is 13.3. The van der Waals surface area contributed by atoms with E-state index in [4.69, 9.17) is 11.6 Å². The highest BCUT2D eigenvalue weighted by Crippen LogP contribution is 2.24. The third-order valence-corrected chi connectivity index (χ3v) is 4.42. The van der Waals surface area contributed by atoms with Gasteiger partial charge in [0.05, 0.1) is 0 Å². The summed E-state index contributed by atoms with van der Waals surface area (Å²) in [5.41, 5.74) is 3.41. The molecule has 2 aromatic carbocycles. The number of nitrogens with zero attached hydrogens (tertiary/aromatic N) is 1. The zero-order valence-corrected chi connectivity index (χ0v) is 13.0. The normalized spacial score (nSPS) is 18.5. The van der Waals surface area contributed by atoms with Gasteiger partial charge < -0.3 is 5.11 Å². The second-order valence-corrected chi connectivity index (χ2v) is 6.11. The van der Waals surface area contributed by atoms with Crippen LogP contribution in [-0.2, 0) is 11.3 Å². The standard InChI is InChI=1S/C18H18ClNO2/c19-16-9-7-15(8-10-16)14-5-3-13(4-6-14)12-20-11-1-2-17(20)18(21)22/h3-10,17H,1-2,11-12H2,(H,21,22). The van der Waals surface area contributed by atoms with Gasteiger partial charge in [0.1, 0.15) is 6.04 Å². The summed E-state index contributed by atoms with van der Waals surface area (Å²) in [7, 11) is 0. The molecule has 0 saturated carbocycles. The van der Waals surface area contributed by atoms with E-state index in [0.29, 0.717) is 6.54 Å². The monoisotopic (exact) mass is 315 g/mol. The molecule has 0 aliphatic carbocycles. The van der Waals surface area contributed by atoms with E-state index in [2.05, 4.69) is 24.3 Å². The van der Waals surface area contributed by atoms with Crippen molar-refractivity contribution in [1.29, 1.82) is 0 Å². The summed E-state index contributed by atoms with van der Waals surface area (Å²) in [5.74, 6) is -0.713. The van der Waals surface area contributed by atoms with Crippen molar-refractivity contribution in [3.8, 4) is 11.1 Å². The summed E-state index contributed by atoms with van der Waals surface area (Å²) in [6.07, 6.45) is 1.71. The van der Waals surface area contributed by atoms with E-state index >= 15 is 0 Å². The molecular formula is C18H18ClNO2. The molecule has 1 heterocycles. The fourth-order valence-electron chi connectivity index (χ4n) is 2.97. The summed E-state index contributed by atoms with van der Waals surface area (Å²) in [6, 6.07) is 15.7. The van der Waals surface area contributed by atoms with Crippen LogP contribution in [0.5, 0.6) is 0 Å². The number of carbonyl (C=O) groups is 1. The third-order valence-electron chi connectivity index (χ3n) is 4.17. The maximum Gasteiger partial charge on any atom is 0.320 e. The van der Waals surface area contributed by atoms with Crippen LogP contribution >= 0.6 is 11.6 Å². The minimum Gasteiger partial charge on any atom is -0.480 e.